The molecule has 6 bridgehead atoms. The highest BCUT2D eigenvalue weighted by Crippen LogP contribution is 2.39. The molecule has 7 rings (SSSR count). The quantitative estimate of drug-likeness (QED) is 0.252. The number of carboxylic acids is 1. The summed E-state index contributed by atoms with van der Waals surface area (Å²) < 4.78 is 34.7. The first-order valence-corrected chi connectivity index (χ1v) is 15.3. The van der Waals surface area contributed by atoms with Gasteiger partial charge in [-0.15, -0.1) is 0 Å². The average Bonchev–Trinajstić information content (AvgIpc) is 3.41. The van der Waals surface area contributed by atoms with E-state index in [0.717, 1.165) is 24.0 Å². The zero-order chi connectivity index (χ0) is 31.9. The van der Waals surface area contributed by atoms with E-state index in [2.05, 4.69) is 11.8 Å². The molecule has 0 radical (unpaired) electrons. The van der Waals surface area contributed by atoms with Crippen LogP contribution in [0.25, 0.3) is 28.0 Å². The number of benzene rings is 2. The second-order valence-corrected chi connectivity index (χ2v) is 12.9. The molecular formula is C35H39FN4O5. The highest BCUT2D eigenvalue weighted by molar-refractivity contribution is 5.80. The van der Waals surface area contributed by atoms with Crippen molar-refractivity contribution in [1.82, 2.24) is 14.6 Å². The number of aliphatic carboxylic acids is 1. The Labute approximate surface area is 262 Å². The van der Waals surface area contributed by atoms with Gasteiger partial charge in [0.2, 0.25) is 0 Å². The Morgan fingerprint density at radius 1 is 1.07 bits per heavy atom. The summed E-state index contributed by atoms with van der Waals surface area (Å²) in [7, 11) is 0. The van der Waals surface area contributed by atoms with E-state index in [1.54, 1.807) is 10.6 Å². The molecule has 1 saturated heterocycles. The Morgan fingerprint density at radius 3 is 2.53 bits per heavy atom. The molecule has 0 saturated carbocycles. The number of rotatable bonds is 3. The number of anilines is 1. The molecule has 1 fully saturated rings. The van der Waals surface area contributed by atoms with Crippen LogP contribution in [-0.2, 0) is 14.3 Å². The number of halogens is 1. The van der Waals surface area contributed by atoms with Crippen LogP contribution < -0.4 is 9.64 Å². The molecule has 9 nitrogen and oxygen atoms in total. The van der Waals surface area contributed by atoms with Gasteiger partial charge in [-0.1, -0.05) is 24.3 Å². The molecule has 0 unspecified atom stereocenters. The number of aromatic nitrogens is 3. The SMILES string of the molecule is Cc1nc2cc3nn2c(c1[C@H](OC(C)(C)C)C(=O)O)N1CCC(C)(CC1)OC/C=C\COc1ccc(F)cc1-c1cccc-3c1. The summed E-state index contributed by atoms with van der Waals surface area (Å²) in [6.45, 7) is 11.4. The molecule has 2 aromatic carbocycles. The number of carbonyl (C=O) groups is 1. The minimum absolute atomic E-state index is 0.315. The molecule has 3 aliphatic rings. The molecule has 5 heterocycles. The fourth-order valence-corrected chi connectivity index (χ4v) is 6.01. The molecule has 1 atom stereocenters. The van der Waals surface area contributed by atoms with Gasteiger partial charge in [-0.05, 0) is 83.4 Å². The lowest BCUT2D eigenvalue weighted by Gasteiger charge is -2.41. The third kappa shape index (κ3) is 6.43. The topological polar surface area (TPSA) is 98.4 Å². The van der Waals surface area contributed by atoms with Gasteiger partial charge in [0.25, 0.3) is 0 Å². The summed E-state index contributed by atoms with van der Waals surface area (Å²) >= 11 is 0. The molecule has 236 valence electrons. The third-order valence-electron chi connectivity index (χ3n) is 8.32. The van der Waals surface area contributed by atoms with Crippen molar-refractivity contribution < 1.29 is 28.5 Å². The first-order valence-electron chi connectivity index (χ1n) is 15.3. The largest absolute Gasteiger partial charge is 0.489 e. The summed E-state index contributed by atoms with van der Waals surface area (Å²) in [6.07, 6.45) is 4.05. The van der Waals surface area contributed by atoms with Crippen LogP contribution >= 0.6 is 0 Å². The molecule has 0 aliphatic carbocycles. The number of ether oxygens (including phenoxy) is 3. The van der Waals surface area contributed by atoms with E-state index in [1.807, 2.05) is 70.2 Å². The Balaban J connectivity index is 1.56. The van der Waals surface area contributed by atoms with Crippen LogP contribution in [0.5, 0.6) is 5.75 Å². The lowest BCUT2D eigenvalue weighted by atomic mass is 9.92. The number of fused-ring (bicyclic) bond motifs is 6. The van der Waals surface area contributed by atoms with Crippen molar-refractivity contribution in [3.63, 3.8) is 0 Å². The second kappa shape index (κ2) is 11.9. The first kappa shape index (κ1) is 30.7. The van der Waals surface area contributed by atoms with Crippen molar-refractivity contribution in [3.05, 3.63) is 77.8 Å². The van der Waals surface area contributed by atoms with Crippen LogP contribution in [0.2, 0.25) is 0 Å². The smallest absolute Gasteiger partial charge is 0.337 e. The summed E-state index contributed by atoms with van der Waals surface area (Å²) in [5, 5.41) is 15.4. The Morgan fingerprint density at radius 2 is 1.80 bits per heavy atom. The molecule has 0 spiro atoms. The molecule has 0 amide bonds. The van der Waals surface area contributed by atoms with Crippen LogP contribution in [-0.4, -0.2) is 63.2 Å². The predicted octanol–water partition coefficient (Wildman–Crippen LogP) is 6.78. The van der Waals surface area contributed by atoms with E-state index in [-0.39, 0.29) is 11.4 Å². The van der Waals surface area contributed by atoms with Crippen LogP contribution in [0.15, 0.2) is 60.7 Å². The monoisotopic (exact) mass is 614 g/mol. The molecule has 45 heavy (non-hydrogen) atoms. The van der Waals surface area contributed by atoms with Gasteiger partial charge in [-0.2, -0.15) is 9.61 Å². The van der Waals surface area contributed by atoms with Gasteiger partial charge in [0.1, 0.15) is 24.0 Å². The van der Waals surface area contributed by atoms with Crippen LogP contribution in [0.1, 0.15) is 57.9 Å². The highest BCUT2D eigenvalue weighted by atomic mass is 19.1. The van der Waals surface area contributed by atoms with Crippen LogP contribution in [0.3, 0.4) is 0 Å². The maximum absolute atomic E-state index is 14.5. The van der Waals surface area contributed by atoms with Gasteiger partial charge in [0.05, 0.1) is 29.1 Å². The third-order valence-corrected chi connectivity index (χ3v) is 8.32. The fourth-order valence-electron chi connectivity index (χ4n) is 6.01. The van der Waals surface area contributed by atoms with Crippen molar-refractivity contribution in [2.24, 2.45) is 0 Å². The lowest BCUT2D eigenvalue weighted by molar-refractivity contribution is -0.160. The van der Waals surface area contributed by atoms with Crippen LogP contribution in [0, 0.1) is 12.7 Å². The number of nitrogens with zero attached hydrogens (tertiary/aromatic N) is 4. The minimum atomic E-state index is -1.25. The maximum atomic E-state index is 14.5. The Hall–Kier alpha value is -4.28. The second-order valence-electron chi connectivity index (χ2n) is 12.9. The maximum Gasteiger partial charge on any atom is 0.337 e. The molecule has 2 aromatic heterocycles. The van der Waals surface area contributed by atoms with E-state index in [9.17, 15) is 14.3 Å². The molecule has 1 N–H and O–H groups in total. The van der Waals surface area contributed by atoms with Gasteiger partial charge in [-0.25, -0.2) is 14.2 Å². The van der Waals surface area contributed by atoms with Crippen molar-refractivity contribution in [3.8, 4) is 28.1 Å². The van der Waals surface area contributed by atoms with Gasteiger partial charge in [-0.3, -0.25) is 0 Å². The predicted molar refractivity (Wildman–Crippen MR) is 170 cm³/mol. The average molecular weight is 615 g/mol. The van der Waals surface area contributed by atoms with Gasteiger partial charge >= 0.3 is 5.97 Å². The lowest BCUT2D eigenvalue weighted by Crippen LogP contribution is -2.45. The number of carboxylic acid groups (broad SMARTS) is 1. The summed E-state index contributed by atoms with van der Waals surface area (Å²) in [5.74, 6) is -0.241. The molecule has 3 aliphatic heterocycles. The van der Waals surface area contributed by atoms with Gasteiger partial charge in [0.15, 0.2) is 11.8 Å². The minimum Gasteiger partial charge on any atom is -0.489 e. The number of hydrogen-bond donors (Lipinski definition) is 1. The van der Waals surface area contributed by atoms with E-state index >= 15 is 0 Å². The van der Waals surface area contributed by atoms with Crippen molar-refractivity contribution in [2.45, 2.75) is 64.8 Å². The molecule has 4 aromatic rings. The zero-order valence-corrected chi connectivity index (χ0v) is 26.3. The fraction of sp³-hybridized carbons (Fsp3) is 0.400. The van der Waals surface area contributed by atoms with E-state index in [4.69, 9.17) is 24.3 Å². The van der Waals surface area contributed by atoms with Gasteiger partial charge in [0, 0.05) is 36.0 Å². The van der Waals surface area contributed by atoms with Crippen molar-refractivity contribution in [1.29, 1.82) is 0 Å². The number of aryl methyl sites for hydroxylation is 1. The molecular weight excluding hydrogens is 575 g/mol. The Kier molecular flexibility index (Phi) is 8.13. The first-order chi connectivity index (χ1) is 21.4. The number of piperidine rings is 1. The summed E-state index contributed by atoms with van der Waals surface area (Å²) in [6, 6.07) is 14.1. The van der Waals surface area contributed by atoms with Crippen molar-refractivity contribution in [2.75, 3.05) is 31.2 Å². The number of hydrogen-bond acceptors (Lipinski definition) is 7. The van der Waals surface area contributed by atoms with Crippen molar-refractivity contribution >= 4 is 17.4 Å². The van der Waals surface area contributed by atoms with Gasteiger partial charge < -0.3 is 24.2 Å². The summed E-state index contributed by atoms with van der Waals surface area (Å²) in [4.78, 5) is 19.8. The standard InChI is InChI=1S/C35H39FN4O5/c1-22-30(31(33(41)42)45-34(2,3)4)32-39-15-13-35(5,14-16-39)44-18-7-6-17-43-28-12-11-25(36)20-26(28)23-9-8-10-24(19-23)27-21-29(37-22)40(32)38-27/h6-12,19-21,31H,13-18H2,1-5H3,(H,41,42)/b7-6-/t31-/m0/s1. The van der Waals surface area contributed by atoms with E-state index < -0.39 is 17.7 Å². The van der Waals surface area contributed by atoms with Crippen LogP contribution in [0.4, 0.5) is 10.2 Å². The Bertz CT molecular complexity index is 1770. The highest BCUT2D eigenvalue weighted by Gasteiger charge is 2.37. The van der Waals surface area contributed by atoms with E-state index in [0.29, 0.717) is 66.0 Å². The summed E-state index contributed by atoms with van der Waals surface area (Å²) in [5.41, 5.74) is 3.40. The van der Waals surface area contributed by atoms with E-state index in [1.165, 1.54) is 12.1 Å². The molecule has 10 heteroatoms. The normalized spacial score (nSPS) is 18.0. The zero-order valence-electron chi connectivity index (χ0n) is 26.3.